The van der Waals surface area contributed by atoms with Crippen molar-refractivity contribution in [3.05, 3.63) is 41.8 Å². The third-order valence-electron chi connectivity index (χ3n) is 1.71. The van der Waals surface area contributed by atoms with Crippen LogP contribution < -0.4 is 5.32 Å². The Balaban J connectivity index is 2.70. The molecular formula is C9H10BFN2O2. The number of anilines is 1. The largest absolute Gasteiger partial charge is 0.491 e. The van der Waals surface area contributed by atoms with Gasteiger partial charge in [-0.3, -0.25) is 0 Å². The lowest BCUT2D eigenvalue weighted by Crippen LogP contribution is -2.17. The number of nitrogens with one attached hydrogen (secondary N) is 2. The summed E-state index contributed by atoms with van der Waals surface area (Å²) in [6.07, 6.45) is 2.09. The third-order valence-corrected chi connectivity index (χ3v) is 1.71. The van der Waals surface area contributed by atoms with Gasteiger partial charge >= 0.3 is 7.12 Å². The van der Waals surface area contributed by atoms with Gasteiger partial charge in [-0.05, 0) is 24.3 Å². The van der Waals surface area contributed by atoms with Gasteiger partial charge in [0, 0.05) is 23.6 Å². The molecule has 6 heteroatoms. The van der Waals surface area contributed by atoms with Crippen molar-refractivity contribution in [3.8, 4) is 0 Å². The standard InChI is InChI=1S/C9H10BFN2O2/c11-8-1-3-9(4-2-8)13-6-7(5-12)10(14)15/h1-6,12-15H/b7-6+,12-5?. The van der Waals surface area contributed by atoms with Gasteiger partial charge in [0.1, 0.15) is 5.82 Å². The molecular weight excluding hydrogens is 198 g/mol. The van der Waals surface area contributed by atoms with E-state index in [-0.39, 0.29) is 11.3 Å². The summed E-state index contributed by atoms with van der Waals surface area (Å²) in [5, 5.41) is 27.1. The first-order valence-corrected chi connectivity index (χ1v) is 4.22. The van der Waals surface area contributed by atoms with E-state index in [0.717, 1.165) is 6.21 Å². The molecule has 78 valence electrons. The molecule has 0 fully saturated rings. The van der Waals surface area contributed by atoms with Crippen LogP contribution in [0.2, 0.25) is 0 Å². The lowest BCUT2D eigenvalue weighted by Gasteiger charge is -2.02. The number of hydrogen-bond acceptors (Lipinski definition) is 4. The molecule has 0 amide bonds. The molecule has 0 aliphatic rings. The molecule has 1 aromatic carbocycles. The van der Waals surface area contributed by atoms with Gasteiger partial charge in [0.2, 0.25) is 0 Å². The molecule has 0 unspecified atom stereocenters. The maximum Gasteiger partial charge on any atom is 0.491 e. The predicted octanol–water partition coefficient (Wildman–Crippen LogP) is 0.783. The summed E-state index contributed by atoms with van der Waals surface area (Å²) in [7, 11) is -1.70. The Morgan fingerprint density at radius 3 is 2.40 bits per heavy atom. The minimum atomic E-state index is -1.70. The van der Waals surface area contributed by atoms with Crippen LogP contribution in [-0.2, 0) is 0 Å². The zero-order valence-electron chi connectivity index (χ0n) is 7.81. The van der Waals surface area contributed by atoms with Crippen molar-refractivity contribution in [1.29, 1.82) is 5.41 Å². The highest BCUT2D eigenvalue weighted by Gasteiger charge is 2.11. The smallest absolute Gasteiger partial charge is 0.423 e. The number of allylic oxidation sites excluding steroid dienone is 1. The van der Waals surface area contributed by atoms with Crippen LogP contribution in [-0.4, -0.2) is 23.4 Å². The van der Waals surface area contributed by atoms with Gasteiger partial charge in [-0.1, -0.05) is 0 Å². The number of rotatable bonds is 4. The fourth-order valence-electron chi connectivity index (χ4n) is 0.904. The molecule has 0 heterocycles. The van der Waals surface area contributed by atoms with E-state index in [0.29, 0.717) is 5.69 Å². The number of benzene rings is 1. The molecule has 4 nitrogen and oxygen atoms in total. The number of hydrogen-bond donors (Lipinski definition) is 4. The molecule has 0 saturated heterocycles. The Hall–Kier alpha value is -1.66. The zero-order valence-corrected chi connectivity index (χ0v) is 7.81. The highest BCUT2D eigenvalue weighted by atomic mass is 19.1. The number of halogens is 1. The molecule has 1 rings (SSSR count). The van der Waals surface area contributed by atoms with Crippen LogP contribution >= 0.6 is 0 Å². The summed E-state index contributed by atoms with van der Waals surface area (Å²) in [4.78, 5) is 0. The zero-order chi connectivity index (χ0) is 11.3. The minimum absolute atomic E-state index is 0.0133. The van der Waals surface area contributed by atoms with Crippen LogP contribution in [0.4, 0.5) is 10.1 Å². The normalized spacial score (nSPS) is 11.0. The predicted molar refractivity (Wildman–Crippen MR) is 57.1 cm³/mol. The highest BCUT2D eigenvalue weighted by molar-refractivity contribution is 6.56. The molecule has 0 bridgehead atoms. The lowest BCUT2D eigenvalue weighted by molar-refractivity contribution is 0.422. The van der Waals surface area contributed by atoms with Crippen LogP contribution in [0.5, 0.6) is 0 Å². The van der Waals surface area contributed by atoms with Crippen molar-refractivity contribution in [2.75, 3.05) is 5.32 Å². The molecule has 15 heavy (non-hydrogen) atoms. The van der Waals surface area contributed by atoms with Gasteiger partial charge in [-0.2, -0.15) is 0 Å². The Kier molecular flexibility index (Phi) is 4.02. The molecule has 1 aromatic rings. The van der Waals surface area contributed by atoms with E-state index in [9.17, 15) is 4.39 Å². The van der Waals surface area contributed by atoms with E-state index in [1.165, 1.54) is 30.5 Å². The molecule has 0 aliphatic carbocycles. The quantitative estimate of drug-likeness (QED) is 0.436. The fraction of sp³-hybridized carbons (Fsp3) is 0. The maximum absolute atomic E-state index is 12.5. The van der Waals surface area contributed by atoms with Crippen LogP contribution in [0.1, 0.15) is 0 Å². The van der Waals surface area contributed by atoms with E-state index in [4.69, 9.17) is 15.5 Å². The lowest BCUT2D eigenvalue weighted by atomic mass is 9.81. The van der Waals surface area contributed by atoms with Crippen molar-refractivity contribution in [2.45, 2.75) is 0 Å². The molecule has 4 N–H and O–H groups in total. The van der Waals surface area contributed by atoms with Gasteiger partial charge in [-0.15, -0.1) is 0 Å². The summed E-state index contributed by atoms with van der Waals surface area (Å²) < 4.78 is 12.5. The topological polar surface area (TPSA) is 76.3 Å². The Morgan fingerprint density at radius 2 is 1.93 bits per heavy atom. The third kappa shape index (κ3) is 3.53. The minimum Gasteiger partial charge on any atom is -0.423 e. The summed E-state index contributed by atoms with van der Waals surface area (Å²) in [5.41, 5.74) is 0.607. The SMILES string of the molecule is N=C/C(=C\Nc1ccc(F)cc1)B(O)O. The second-order valence-electron chi connectivity index (χ2n) is 2.81. The monoisotopic (exact) mass is 208 g/mol. The second-order valence-corrected chi connectivity index (χ2v) is 2.81. The van der Waals surface area contributed by atoms with Crippen LogP contribution in [0, 0.1) is 11.2 Å². The Labute approximate surface area is 86.7 Å². The van der Waals surface area contributed by atoms with E-state index >= 15 is 0 Å². The molecule has 0 atom stereocenters. The van der Waals surface area contributed by atoms with E-state index < -0.39 is 7.12 Å². The molecule has 0 aliphatic heterocycles. The first-order chi connectivity index (χ1) is 7.13. The van der Waals surface area contributed by atoms with Gasteiger partial charge in [0.05, 0.1) is 0 Å². The average Bonchev–Trinajstić information content (AvgIpc) is 2.21. The maximum atomic E-state index is 12.5. The van der Waals surface area contributed by atoms with E-state index in [2.05, 4.69) is 5.32 Å². The van der Waals surface area contributed by atoms with Gasteiger partial charge in [-0.25, -0.2) is 4.39 Å². The van der Waals surface area contributed by atoms with Crippen molar-refractivity contribution in [2.24, 2.45) is 0 Å². The molecule has 0 saturated carbocycles. The van der Waals surface area contributed by atoms with Gasteiger partial charge < -0.3 is 20.8 Å². The van der Waals surface area contributed by atoms with Crippen LogP contribution in [0.3, 0.4) is 0 Å². The Bertz CT molecular complexity index is 365. The van der Waals surface area contributed by atoms with E-state index in [1.807, 2.05) is 0 Å². The molecule has 0 radical (unpaired) electrons. The molecule has 0 aromatic heterocycles. The van der Waals surface area contributed by atoms with E-state index in [1.54, 1.807) is 0 Å². The molecule has 0 spiro atoms. The summed E-state index contributed by atoms with van der Waals surface area (Å²) in [5.74, 6) is -0.348. The van der Waals surface area contributed by atoms with Crippen LogP contribution in [0.25, 0.3) is 0 Å². The summed E-state index contributed by atoms with van der Waals surface area (Å²) in [6, 6.07) is 5.54. The fourth-order valence-corrected chi connectivity index (χ4v) is 0.904. The van der Waals surface area contributed by atoms with Crippen molar-refractivity contribution >= 4 is 19.0 Å². The van der Waals surface area contributed by atoms with Crippen molar-refractivity contribution in [3.63, 3.8) is 0 Å². The first-order valence-electron chi connectivity index (χ1n) is 4.22. The highest BCUT2D eigenvalue weighted by Crippen LogP contribution is 2.08. The Morgan fingerprint density at radius 1 is 1.33 bits per heavy atom. The van der Waals surface area contributed by atoms with Crippen molar-refractivity contribution in [1.82, 2.24) is 0 Å². The van der Waals surface area contributed by atoms with Crippen molar-refractivity contribution < 1.29 is 14.4 Å². The van der Waals surface area contributed by atoms with Crippen LogP contribution in [0.15, 0.2) is 35.9 Å². The summed E-state index contributed by atoms with van der Waals surface area (Å²) >= 11 is 0. The first kappa shape index (κ1) is 11.4. The summed E-state index contributed by atoms with van der Waals surface area (Å²) in [6.45, 7) is 0. The second kappa shape index (κ2) is 5.28. The average molecular weight is 208 g/mol. The van der Waals surface area contributed by atoms with Gasteiger partial charge in [0.15, 0.2) is 0 Å². The van der Waals surface area contributed by atoms with Gasteiger partial charge in [0.25, 0.3) is 0 Å².